The van der Waals surface area contributed by atoms with Gasteiger partial charge in [0.05, 0.1) is 5.97 Å². The molecule has 0 heterocycles. The van der Waals surface area contributed by atoms with Gasteiger partial charge >= 0.3 is 0 Å². The van der Waals surface area contributed by atoms with Crippen LogP contribution < -0.4 is 5.11 Å². The fourth-order valence-corrected chi connectivity index (χ4v) is 0.222. The Kier molecular flexibility index (Phi) is 6.78. The standard InChI is InChI=1S/C4H6O2.2C4H4/c1-3(2)4(5)6;2*1-2-4-3-1/h1H2,2H3,(H,5,6);2*1-4H/p-1. The minimum absolute atomic E-state index is 0.0648. The molecule has 2 nitrogen and oxygen atoms in total. The molecule has 0 aromatic heterocycles. The number of hydrogen-bond donors (Lipinski definition) is 0. The summed E-state index contributed by atoms with van der Waals surface area (Å²) in [6.45, 7) is 4.48. The predicted molar refractivity (Wildman–Crippen MR) is 56.4 cm³/mol. The Morgan fingerprint density at radius 1 is 0.929 bits per heavy atom. The SMILES string of the molecule is C1=CC=C1.C1=CC=C1.C=C(C)C(=O)[O-]. The van der Waals surface area contributed by atoms with Gasteiger partial charge in [0, 0.05) is 0 Å². The van der Waals surface area contributed by atoms with Crippen LogP contribution in [0.4, 0.5) is 0 Å². The van der Waals surface area contributed by atoms with Crippen LogP contribution in [0.25, 0.3) is 0 Å². The van der Waals surface area contributed by atoms with E-state index >= 15 is 0 Å². The summed E-state index contributed by atoms with van der Waals surface area (Å²) in [4.78, 5) is 9.49. The van der Waals surface area contributed by atoms with E-state index in [9.17, 15) is 9.90 Å². The van der Waals surface area contributed by atoms with Crippen molar-refractivity contribution in [1.29, 1.82) is 0 Å². The molecule has 2 rings (SSSR count). The van der Waals surface area contributed by atoms with E-state index in [1.165, 1.54) is 6.92 Å². The van der Waals surface area contributed by atoms with Crippen molar-refractivity contribution in [2.75, 3.05) is 0 Å². The molecule has 0 N–H and O–H groups in total. The molecule has 0 bridgehead atoms. The summed E-state index contributed by atoms with van der Waals surface area (Å²) in [6, 6.07) is 0. The lowest BCUT2D eigenvalue weighted by Gasteiger charge is -1.93. The number of carboxylic acids is 1. The van der Waals surface area contributed by atoms with E-state index in [1.807, 2.05) is 48.6 Å². The zero-order chi connectivity index (χ0) is 10.8. The van der Waals surface area contributed by atoms with Gasteiger partial charge in [-0.05, 0) is 12.5 Å². The van der Waals surface area contributed by atoms with E-state index in [1.54, 1.807) is 0 Å². The van der Waals surface area contributed by atoms with Crippen molar-refractivity contribution < 1.29 is 9.90 Å². The van der Waals surface area contributed by atoms with Gasteiger partial charge in [-0.3, -0.25) is 0 Å². The average molecular weight is 189 g/mol. The minimum atomic E-state index is -1.19. The highest BCUT2D eigenvalue weighted by Gasteiger charge is 1.76. The maximum atomic E-state index is 9.49. The van der Waals surface area contributed by atoms with E-state index in [2.05, 4.69) is 6.58 Å². The monoisotopic (exact) mass is 189 g/mol. The molecule has 14 heavy (non-hydrogen) atoms. The first-order valence-corrected chi connectivity index (χ1v) is 4.18. The first-order chi connectivity index (χ1) is 6.64. The Labute approximate surface area is 84.3 Å². The Hall–Kier alpha value is -1.83. The number of hydrogen-bond acceptors (Lipinski definition) is 2. The molecule has 2 aliphatic rings. The zero-order valence-electron chi connectivity index (χ0n) is 8.14. The van der Waals surface area contributed by atoms with E-state index in [0.717, 1.165) is 0 Å². The van der Waals surface area contributed by atoms with Gasteiger partial charge in [-0.1, -0.05) is 55.2 Å². The lowest BCUT2D eigenvalue weighted by molar-refractivity contribution is -0.299. The van der Waals surface area contributed by atoms with E-state index in [4.69, 9.17) is 0 Å². The fraction of sp³-hybridized carbons (Fsp3) is 0.0833. The lowest BCUT2D eigenvalue weighted by atomic mass is 10.3. The molecule has 0 aliphatic heterocycles. The number of allylic oxidation sites excluding steroid dienone is 8. The molecule has 2 aliphatic carbocycles. The second-order valence-corrected chi connectivity index (χ2v) is 2.61. The van der Waals surface area contributed by atoms with E-state index < -0.39 is 5.97 Å². The first-order valence-electron chi connectivity index (χ1n) is 4.18. The fourth-order valence-electron chi connectivity index (χ4n) is 0.222. The summed E-state index contributed by atoms with van der Waals surface area (Å²) >= 11 is 0. The highest BCUT2D eigenvalue weighted by atomic mass is 16.4. The van der Waals surface area contributed by atoms with E-state index in [0.29, 0.717) is 0 Å². The van der Waals surface area contributed by atoms with Crippen LogP contribution in [0, 0.1) is 0 Å². The van der Waals surface area contributed by atoms with Gasteiger partial charge in [-0.25, -0.2) is 0 Å². The Morgan fingerprint density at radius 3 is 1.07 bits per heavy atom. The third kappa shape index (κ3) is 8.27. The summed E-state index contributed by atoms with van der Waals surface area (Å²) in [6.07, 6.45) is 16.0. The number of rotatable bonds is 1. The molecule has 0 aromatic rings. The topological polar surface area (TPSA) is 40.1 Å². The van der Waals surface area contributed by atoms with Crippen LogP contribution in [-0.2, 0) is 4.79 Å². The Bertz CT molecular complexity index is 236. The summed E-state index contributed by atoms with van der Waals surface area (Å²) in [5, 5.41) is 9.49. The molecule has 0 atom stereocenters. The summed E-state index contributed by atoms with van der Waals surface area (Å²) in [7, 11) is 0. The van der Waals surface area contributed by atoms with E-state index in [-0.39, 0.29) is 5.57 Å². The van der Waals surface area contributed by atoms with Gasteiger partial charge in [-0.15, -0.1) is 0 Å². The van der Waals surface area contributed by atoms with Crippen molar-refractivity contribution in [2.24, 2.45) is 0 Å². The quantitative estimate of drug-likeness (QED) is 0.587. The number of carboxylic acid groups (broad SMARTS) is 1. The van der Waals surface area contributed by atoms with Crippen LogP contribution in [0.2, 0.25) is 0 Å². The molecule has 0 spiro atoms. The maximum absolute atomic E-state index is 9.49. The van der Waals surface area contributed by atoms with Gasteiger partial charge in [0.15, 0.2) is 0 Å². The van der Waals surface area contributed by atoms with Crippen molar-refractivity contribution in [3.8, 4) is 0 Å². The molecule has 2 heteroatoms. The van der Waals surface area contributed by atoms with Crippen molar-refractivity contribution in [3.63, 3.8) is 0 Å². The van der Waals surface area contributed by atoms with Crippen LogP contribution >= 0.6 is 0 Å². The Morgan fingerprint density at radius 2 is 1.07 bits per heavy atom. The summed E-state index contributed by atoms with van der Waals surface area (Å²) in [5.41, 5.74) is 0.0648. The normalized spacial score (nSPS) is 12.4. The van der Waals surface area contributed by atoms with Crippen molar-refractivity contribution in [2.45, 2.75) is 6.92 Å². The van der Waals surface area contributed by atoms with Gasteiger partial charge in [0.2, 0.25) is 0 Å². The summed E-state index contributed by atoms with van der Waals surface area (Å²) < 4.78 is 0. The predicted octanol–water partition coefficient (Wildman–Crippen LogP) is 1.54. The molecule has 74 valence electrons. The number of carbonyl (C=O) groups is 1. The zero-order valence-corrected chi connectivity index (χ0v) is 8.14. The first kappa shape index (κ1) is 12.2. The second kappa shape index (κ2) is 7.80. The van der Waals surface area contributed by atoms with Crippen LogP contribution in [0.3, 0.4) is 0 Å². The van der Waals surface area contributed by atoms with Crippen LogP contribution in [0.15, 0.2) is 60.8 Å². The third-order valence-corrected chi connectivity index (χ3v) is 1.24. The summed E-state index contributed by atoms with van der Waals surface area (Å²) in [5.74, 6) is -1.19. The number of aliphatic carboxylic acids is 1. The van der Waals surface area contributed by atoms with Crippen LogP contribution in [-0.4, -0.2) is 5.97 Å². The van der Waals surface area contributed by atoms with Crippen molar-refractivity contribution in [3.05, 3.63) is 60.8 Å². The minimum Gasteiger partial charge on any atom is -0.545 e. The molecule has 0 amide bonds. The van der Waals surface area contributed by atoms with Gasteiger partial charge < -0.3 is 9.90 Å². The maximum Gasteiger partial charge on any atom is 0.0666 e. The van der Waals surface area contributed by atoms with Crippen molar-refractivity contribution in [1.82, 2.24) is 0 Å². The highest BCUT2D eigenvalue weighted by Crippen LogP contribution is 1.87. The molecule has 0 fully saturated rings. The molecular weight excluding hydrogens is 176 g/mol. The largest absolute Gasteiger partial charge is 0.545 e. The number of carbonyl (C=O) groups excluding carboxylic acids is 1. The molecule has 0 radical (unpaired) electrons. The highest BCUT2D eigenvalue weighted by molar-refractivity contribution is 5.82. The molecule has 0 unspecified atom stereocenters. The van der Waals surface area contributed by atoms with Crippen LogP contribution in [0.1, 0.15) is 6.92 Å². The van der Waals surface area contributed by atoms with Gasteiger partial charge in [0.1, 0.15) is 0 Å². The van der Waals surface area contributed by atoms with Crippen LogP contribution in [0.5, 0.6) is 0 Å². The molecular formula is C12H13O2-. The Balaban J connectivity index is 0.000000185. The molecule has 0 saturated carbocycles. The smallest absolute Gasteiger partial charge is 0.0666 e. The second-order valence-electron chi connectivity index (χ2n) is 2.61. The average Bonchev–Trinajstić information content (AvgIpc) is 1.77. The third-order valence-electron chi connectivity index (χ3n) is 1.24. The van der Waals surface area contributed by atoms with Gasteiger partial charge in [-0.2, -0.15) is 0 Å². The van der Waals surface area contributed by atoms with Crippen molar-refractivity contribution >= 4 is 5.97 Å². The molecule has 0 saturated heterocycles. The molecule has 0 aromatic carbocycles. The lowest BCUT2D eigenvalue weighted by Crippen LogP contribution is -2.22. The van der Waals surface area contributed by atoms with Gasteiger partial charge in [0.25, 0.3) is 0 Å².